The molecular formula is C22H22ClFN6O3. The van der Waals surface area contributed by atoms with Crippen molar-refractivity contribution < 1.29 is 18.8 Å². The minimum Gasteiger partial charge on any atom is -0.443 e. The van der Waals surface area contributed by atoms with Crippen molar-refractivity contribution in [3.05, 3.63) is 46.8 Å². The second kappa shape index (κ2) is 8.01. The fraction of sp³-hybridized carbons (Fsp3) is 0.455. The van der Waals surface area contributed by atoms with Crippen LogP contribution in [0.15, 0.2) is 24.5 Å². The lowest BCUT2D eigenvalue weighted by Gasteiger charge is -2.40. The number of aromatic nitrogens is 2. The van der Waals surface area contributed by atoms with E-state index >= 15 is 4.39 Å². The number of hydroxylamine groups is 2. The molecule has 3 aliphatic rings. The van der Waals surface area contributed by atoms with Gasteiger partial charge in [0.1, 0.15) is 11.9 Å². The maximum atomic E-state index is 15.1. The van der Waals surface area contributed by atoms with Crippen LogP contribution in [-0.2, 0) is 4.74 Å². The molecule has 0 bridgehead atoms. The first kappa shape index (κ1) is 21.7. The molecular weight excluding hydrogens is 451 g/mol. The van der Waals surface area contributed by atoms with Crippen LogP contribution in [0.3, 0.4) is 0 Å². The van der Waals surface area contributed by atoms with Crippen molar-refractivity contribution in [3.63, 3.8) is 0 Å². The SMILES string of the molecule is [C-]#[N+]c1ccc(Nc2ncnc(ON3CCN(C(=O)OC4(C)CC4)CC34CC4)c2F)c(Cl)c1. The molecule has 1 amide bonds. The van der Waals surface area contributed by atoms with Crippen molar-refractivity contribution in [3.8, 4) is 5.88 Å². The summed E-state index contributed by atoms with van der Waals surface area (Å²) in [5.74, 6) is -1.07. The maximum absolute atomic E-state index is 15.1. The summed E-state index contributed by atoms with van der Waals surface area (Å²) < 4.78 is 20.7. The quantitative estimate of drug-likeness (QED) is 0.631. The predicted molar refractivity (Wildman–Crippen MR) is 118 cm³/mol. The van der Waals surface area contributed by atoms with Gasteiger partial charge in [-0.3, -0.25) is 0 Å². The number of piperazine rings is 1. The minimum atomic E-state index is -0.762. The number of hydrogen-bond acceptors (Lipinski definition) is 7. The molecule has 0 atom stereocenters. The molecule has 172 valence electrons. The lowest BCUT2D eigenvalue weighted by atomic mass is 10.2. The summed E-state index contributed by atoms with van der Waals surface area (Å²) in [5.41, 5.74) is 0.0872. The topological polar surface area (TPSA) is 84.2 Å². The molecule has 33 heavy (non-hydrogen) atoms. The Kier molecular flexibility index (Phi) is 5.26. The molecule has 1 N–H and O–H groups in total. The Hall–Kier alpha value is -3.16. The standard InChI is InChI=1S/C22H22ClFN6O3/c1-21(5-6-21)32-20(31)29-9-10-30(22(12-29)7-8-22)33-19-17(24)18(26-13-27-19)28-16-4-3-14(25-2)11-15(16)23/h3-4,11,13H,5-10,12H2,1H3,(H,26,27,28). The number of benzene rings is 1. The summed E-state index contributed by atoms with van der Waals surface area (Å²) in [5, 5.41) is 4.80. The predicted octanol–water partition coefficient (Wildman–Crippen LogP) is 4.70. The Balaban J connectivity index is 1.27. The van der Waals surface area contributed by atoms with Gasteiger partial charge in [-0.05, 0) is 44.7 Å². The Morgan fingerprint density at radius 2 is 2.06 bits per heavy atom. The van der Waals surface area contributed by atoms with Gasteiger partial charge in [-0.25, -0.2) is 14.6 Å². The highest BCUT2D eigenvalue weighted by Gasteiger charge is 2.55. The highest BCUT2D eigenvalue weighted by Crippen LogP contribution is 2.46. The normalized spacial score (nSPS) is 20.1. The lowest BCUT2D eigenvalue weighted by Crippen LogP contribution is -2.58. The van der Waals surface area contributed by atoms with Crippen molar-refractivity contribution in [2.24, 2.45) is 0 Å². The average Bonchev–Trinajstić information content (AvgIpc) is 3.72. The molecule has 1 spiro atoms. The Labute approximate surface area is 195 Å². The van der Waals surface area contributed by atoms with Gasteiger partial charge in [-0.2, -0.15) is 9.37 Å². The van der Waals surface area contributed by atoms with E-state index in [2.05, 4.69) is 20.1 Å². The number of nitrogens with one attached hydrogen (secondary N) is 1. The van der Waals surface area contributed by atoms with E-state index in [9.17, 15) is 4.79 Å². The van der Waals surface area contributed by atoms with E-state index in [1.807, 2.05) is 6.92 Å². The molecule has 2 heterocycles. The first-order valence-electron chi connectivity index (χ1n) is 10.7. The minimum absolute atomic E-state index is 0.0952. The van der Waals surface area contributed by atoms with E-state index < -0.39 is 5.82 Å². The number of carbonyl (C=O) groups is 1. The average molecular weight is 473 g/mol. The van der Waals surface area contributed by atoms with Crippen LogP contribution < -0.4 is 10.2 Å². The smallest absolute Gasteiger partial charge is 0.410 e. The molecule has 1 aliphatic heterocycles. The van der Waals surface area contributed by atoms with E-state index in [-0.39, 0.29) is 34.0 Å². The van der Waals surface area contributed by atoms with Gasteiger partial charge in [-0.1, -0.05) is 17.7 Å². The van der Waals surface area contributed by atoms with Crippen LogP contribution in [-0.4, -0.2) is 56.8 Å². The molecule has 2 aromatic rings. The summed E-state index contributed by atoms with van der Waals surface area (Å²) in [4.78, 5) is 31.3. The van der Waals surface area contributed by atoms with Crippen molar-refractivity contribution in [1.82, 2.24) is 19.9 Å². The van der Waals surface area contributed by atoms with E-state index in [1.54, 1.807) is 22.1 Å². The van der Waals surface area contributed by atoms with Crippen molar-refractivity contribution >= 4 is 34.9 Å². The number of amides is 1. The first-order valence-corrected chi connectivity index (χ1v) is 11.1. The van der Waals surface area contributed by atoms with Crippen LogP contribution in [0.5, 0.6) is 5.88 Å². The second-order valence-corrected chi connectivity index (χ2v) is 9.31. The fourth-order valence-corrected chi connectivity index (χ4v) is 4.00. The second-order valence-electron chi connectivity index (χ2n) is 8.90. The van der Waals surface area contributed by atoms with Crippen LogP contribution in [0.4, 0.5) is 26.4 Å². The van der Waals surface area contributed by atoms with Crippen LogP contribution in [0.1, 0.15) is 32.6 Å². The molecule has 2 aliphatic carbocycles. The van der Waals surface area contributed by atoms with Crippen LogP contribution in [0, 0.1) is 12.4 Å². The van der Waals surface area contributed by atoms with Crippen molar-refractivity contribution in [2.75, 3.05) is 25.0 Å². The number of ether oxygens (including phenoxy) is 1. The van der Waals surface area contributed by atoms with Crippen molar-refractivity contribution in [1.29, 1.82) is 0 Å². The fourth-order valence-electron chi connectivity index (χ4n) is 3.78. The zero-order valence-corrected chi connectivity index (χ0v) is 18.7. The number of nitrogens with zero attached hydrogens (tertiary/aromatic N) is 5. The third-order valence-electron chi connectivity index (χ3n) is 6.25. The van der Waals surface area contributed by atoms with Gasteiger partial charge in [-0.15, -0.1) is 5.06 Å². The van der Waals surface area contributed by atoms with Gasteiger partial charge in [0.25, 0.3) is 5.88 Å². The van der Waals surface area contributed by atoms with Gasteiger partial charge in [0.15, 0.2) is 11.5 Å². The number of anilines is 2. The zero-order chi connectivity index (χ0) is 23.2. The molecule has 1 aromatic heterocycles. The van der Waals surface area contributed by atoms with Gasteiger partial charge >= 0.3 is 6.09 Å². The number of carbonyl (C=O) groups excluding carboxylic acids is 1. The summed E-state index contributed by atoms with van der Waals surface area (Å²) in [6, 6.07) is 4.64. The van der Waals surface area contributed by atoms with Gasteiger partial charge in [0, 0.05) is 13.1 Å². The van der Waals surface area contributed by atoms with E-state index in [1.165, 1.54) is 12.4 Å². The summed E-state index contributed by atoms with van der Waals surface area (Å²) in [6.45, 7) is 10.3. The monoisotopic (exact) mass is 472 g/mol. The van der Waals surface area contributed by atoms with E-state index in [0.29, 0.717) is 31.0 Å². The highest BCUT2D eigenvalue weighted by atomic mass is 35.5. The van der Waals surface area contributed by atoms with E-state index in [4.69, 9.17) is 27.7 Å². The maximum Gasteiger partial charge on any atom is 0.410 e. The molecule has 5 rings (SSSR count). The summed E-state index contributed by atoms with van der Waals surface area (Å²) in [7, 11) is 0. The van der Waals surface area contributed by atoms with Gasteiger partial charge in [0.2, 0.25) is 5.82 Å². The van der Waals surface area contributed by atoms with Gasteiger partial charge < -0.3 is 19.8 Å². The number of hydrogen-bond donors (Lipinski definition) is 1. The lowest BCUT2D eigenvalue weighted by molar-refractivity contribution is -0.142. The third kappa shape index (κ3) is 4.38. The molecule has 11 heteroatoms. The molecule has 0 unspecified atom stereocenters. The summed E-state index contributed by atoms with van der Waals surface area (Å²) >= 11 is 6.18. The largest absolute Gasteiger partial charge is 0.443 e. The highest BCUT2D eigenvalue weighted by molar-refractivity contribution is 6.33. The number of halogens is 2. The van der Waals surface area contributed by atoms with Crippen LogP contribution >= 0.6 is 11.6 Å². The summed E-state index contributed by atoms with van der Waals surface area (Å²) in [6.07, 6.45) is 4.34. The zero-order valence-electron chi connectivity index (χ0n) is 18.0. The molecule has 2 saturated carbocycles. The number of rotatable bonds is 5. The van der Waals surface area contributed by atoms with Crippen LogP contribution in [0.25, 0.3) is 4.85 Å². The Bertz CT molecular complexity index is 1150. The van der Waals surface area contributed by atoms with Crippen molar-refractivity contribution in [2.45, 2.75) is 43.7 Å². The molecule has 3 fully saturated rings. The molecule has 1 aromatic carbocycles. The first-order chi connectivity index (χ1) is 15.8. The molecule has 0 radical (unpaired) electrons. The Morgan fingerprint density at radius 1 is 1.27 bits per heavy atom. The third-order valence-corrected chi connectivity index (χ3v) is 6.56. The molecule has 9 nitrogen and oxygen atoms in total. The Morgan fingerprint density at radius 3 is 2.73 bits per heavy atom. The van der Waals surface area contributed by atoms with Gasteiger partial charge in [0.05, 0.1) is 29.4 Å². The van der Waals surface area contributed by atoms with E-state index in [0.717, 1.165) is 25.7 Å². The van der Waals surface area contributed by atoms with Crippen LogP contribution in [0.2, 0.25) is 5.02 Å². The molecule has 1 saturated heterocycles.